The quantitative estimate of drug-likeness (QED) is 0.455. The van der Waals surface area contributed by atoms with Crippen molar-refractivity contribution in [3.05, 3.63) is 41.5 Å². The molecular weight excluding hydrogens is 346 g/mol. The van der Waals surface area contributed by atoms with Crippen LogP contribution in [0.2, 0.25) is 0 Å². The zero-order valence-electron chi connectivity index (χ0n) is 15.4. The molecule has 0 radical (unpaired) electrons. The highest BCUT2D eigenvalue weighted by Crippen LogP contribution is 2.49. The van der Waals surface area contributed by atoms with Gasteiger partial charge in [-0.1, -0.05) is 30.7 Å². The maximum atomic E-state index is 10.9. The van der Waals surface area contributed by atoms with E-state index in [1.165, 1.54) is 33.3 Å². The first-order valence-electron chi connectivity index (χ1n) is 9.41. The van der Waals surface area contributed by atoms with Gasteiger partial charge in [0, 0.05) is 30.2 Å². The second kappa shape index (κ2) is 6.17. The number of hydrogen-bond acceptors (Lipinski definition) is 3. The number of fused-ring (bicyclic) bond motifs is 2. The minimum atomic E-state index is -4.13. The topological polar surface area (TPSA) is 60.2 Å². The lowest BCUT2D eigenvalue weighted by Gasteiger charge is -2.24. The average molecular weight is 372 g/mol. The van der Waals surface area contributed by atoms with E-state index in [4.69, 9.17) is 0 Å². The molecular formula is C21H25NO3S. The van der Waals surface area contributed by atoms with E-state index in [9.17, 15) is 13.0 Å². The van der Waals surface area contributed by atoms with Crippen molar-refractivity contribution in [1.82, 2.24) is 0 Å². The number of rotatable bonds is 5. The van der Waals surface area contributed by atoms with Crippen molar-refractivity contribution in [2.24, 2.45) is 0 Å². The van der Waals surface area contributed by atoms with Crippen molar-refractivity contribution < 1.29 is 17.5 Å². The second-order valence-electron chi connectivity index (χ2n) is 7.87. The first-order valence-corrected chi connectivity index (χ1v) is 11.0. The Hall–Kier alpha value is -1.72. The number of aryl methyl sites for hydroxylation is 1. The molecule has 0 spiro atoms. The van der Waals surface area contributed by atoms with Crippen molar-refractivity contribution in [1.29, 1.82) is 0 Å². The fraction of sp³-hybridized carbons (Fsp3) is 0.476. The van der Waals surface area contributed by atoms with E-state index in [0.717, 1.165) is 32.2 Å². The molecule has 2 aromatic rings. The Morgan fingerprint density at radius 1 is 1.23 bits per heavy atom. The van der Waals surface area contributed by atoms with Gasteiger partial charge in [-0.3, -0.25) is 0 Å². The van der Waals surface area contributed by atoms with Crippen LogP contribution >= 0.6 is 0 Å². The van der Waals surface area contributed by atoms with Gasteiger partial charge in [-0.05, 0) is 43.0 Å². The minimum absolute atomic E-state index is 0.109. The first kappa shape index (κ1) is 17.7. The Morgan fingerprint density at radius 2 is 2.00 bits per heavy atom. The molecule has 0 N–H and O–H groups in total. The molecule has 0 amide bonds. The van der Waals surface area contributed by atoms with E-state index >= 15 is 0 Å². The lowest BCUT2D eigenvalue weighted by atomic mass is 9.73. The largest absolute Gasteiger partial charge is 0.748 e. The summed E-state index contributed by atoms with van der Waals surface area (Å²) in [6.45, 7) is 5.55. The molecule has 4 rings (SSSR count). The van der Waals surface area contributed by atoms with E-state index in [0.29, 0.717) is 6.42 Å². The lowest BCUT2D eigenvalue weighted by Crippen LogP contribution is -2.31. The van der Waals surface area contributed by atoms with Crippen molar-refractivity contribution in [2.75, 3.05) is 12.3 Å². The normalized spacial score (nSPS) is 22.1. The smallest absolute Gasteiger partial charge is 0.213 e. The summed E-state index contributed by atoms with van der Waals surface area (Å²) in [7, 11) is -4.13. The van der Waals surface area contributed by atoms with Crippen LogP contribution in [0.5, 0.6) is 0 Å². The van der Waals surface area contributed by atoms with Gasteiger partial charge in [0.1, 0.15) is 6.54 Å². The van der Waals surface area contributed by atoms with Crippen LogP contribution in [-0.4, -0.2) is 35.6 Å². The highest BCUT2D eigenvalue weighted by atomic mass is 32.2. The molecule has 2 heterocycles. The second-order valence-corrected chi connectivity index (χ2v) is 9.40. The monoisotopic (exact) mass is 371 g/mol. The average Bonchev–Trinajstić information content (AvgIpc) is 2.82. The summed E-state index contributed by atoms with van der Waals surface area (Å²) in [5.41, 5.74) is 5.45. The Morgan fingerprint density at radius 3 is 2.77 bits per heavy atom. The summed E-state index contributed by atoms with van der Waals surface area (Å²) in [5, 5.41) is 2.58. The van der Waals surface area contributed by atoms with Gasteiger partial charge in [-0.2, -0.15) is 4.58 Å². The van der Waals surface area contributed by atoms with Gasteiger partial charge >= 0.3 is 0 Å². The molecule has 0 aromatic heterocycles. The molecule has 2 aliphatic heterocycles. The van der Waals surface area contributed by atoms with Crippen LogP contribution in [-0.2, 0) is 22.0 Å². The predicted octanol–water partition coefficient (Wildman–Crippen LogP) is 3.88. The Labute approximate surface area is 155 Å². The van der Waals surface area contributed by atoms with Crippen LogP contribution in [0, 0.1) is 0 Å². The summed E-state index contributed by atoms with van der Waals surface area (Å²) in [5.74, 6) is -0.264. The molecule has 2 aromatic carbocycles. The maximum Gasteiger partial charge on any atom is 0.213 e. The molecule has 0 aliphatic carbocycles. The Balaban J connectivity index is 1.79. The van der Waals surface area contributed by atoms with Crippen LogP contribution in [0.15, 0.2) is 30.3 Å². The van der Waals surface area contributed by atoms with Gasteiger partial charge in [-0.15, -0.1) is 0 Å². The zero-order chi connectivity index (χ0) is 18.5. The molecule has 0 saturated heterocycles. The predicted molar refractivity (Wildman–Crippen MR) is 104 cm³/mol. The van der Waals surface area contributed by atoms with Gasteiger partial charge in [0.15, 0.2) is 5.71 Å². The summed E-state index contributed by atoms with van der Waals surface area (Å²) in [6.07, 6.45) is 4.31. The standard InChI is InChI=1S/C21H25NO3S/c1-15-21(2,11-5-6-13-26(23,24)25)19-18-10-4-3-8-16(18)14-17-9-7-12-22(15)20(17)19/h3-4,8,10,14H,5-7,9,11-13H2,1-2H3. The highest BCUT2D eigenvalue weighted by molar-refractivity contribution is 7.85. The number of unbranched alkanes of at least 4 members (excludes halogenated alkanes) is 1. The number of hydrogen-bond donors (Lipinski definition) is 0. The zero-order valence-corrected chi connectivity index (χ0v) is 16.2. The molecule has 0 saturated carbocycles. The molecule has 1 atom stereocenters. The summed E-state index contributed by atoms with van der Waals surface area (Å²) >= 11 is 0. The van der Waals surface area contributed by atoms with Crippen molar-refractivity contribution in [3.8, 4) is 0 Å². The van der Waals surface area contributed by atoms with Gasteiger partial charge in [-0.25, -0.2) is 8.42 Å². The maximum absolute atomic E-state index is 10.9. The van der Waals surface area contributed by atoms with Gasteiger partial charge in [0.05, 0.1) is 15.5 Å². The van der Waals surface area contributed by atoms with Crippen LogP contribution < -0.4 is 0 Å². The minimum Gasteiger partial charge on any atom is -0.748 e. The van der Waals surface area contributed by atoms with Gasteiger partial charge in [0.25, 0.3) is 0 Å². The van der Waals surface area contributed by atoms with Crippen LogP contribution in [0.3, 0.4) is 0 Å². The first-order chi connectivity index (χ1) is 12.3. The van der Waals surface area contributed by atoms with Crippen LogP contribution in [0.25, 0.3) is 10.8 Å². The van der Waals surface area contributed by atoms with E-state index in [-0.39, 0.29) is 11.2 Å². The Kier molecular flexibility index (Phi) is 4.20. The number of benzene rings is 2. The third kappa shape index (κ3) is 2.78. The summed E-state index contributed by atoms with van der Waals surface area (Å²) in [6, 6.07) is 10.9. The van der Waals surface area contributed by atoms with Crippen molar-refractivity contribution >= 4 is 32.3 Å². The van der Waals surface area contributed by atoms with E-state index in [1.54, 1.807) is 0 Å². The van der Waals surface area contributed by atoms with E-state index in [2.05, 4.69) is 48.8 Å². The summed E-state index contributed by atoms with van der Waals surface area (Å²) < 4.78 is 35.3. The summed E-state index contributed by atoms with van der Waals surface area (Å²) in [4.78, 5) is 0. The highest BCUT2D eigenvalue weighted by Gasteiger charge is 2.49. The molecule has 2 aliphatic rings. The van der Waals surface area contributed by atoms with Gasteiger partial charge in [0.2, 0.25) is 5.69 Å². The van der Waals surface area contributed by atoms with Crippen molar-refractivity contribution in [2.45, 2.75) is 51.4 Å². The molecule has 5 heteroatoms. The molecule has 0 bridgehead atoms. The Bertz CT molecular complexity index is 1020. The van der Waals surface area contributed by atoms with Crippen LogP contribution in [0.1, 0.15) is 50.7 Å². The van der Waals surface area contributed by atoms with Crippen LogP contribution in [0.4, 0.5) is 5.69 Å². The van der Waals surface area contributed by atoms with E-state index in [1.807, 2.05) is 0 Å². The lowest BCUT2D eigenvalue weighted by molar-refractivity contribution is -0.444. The third-order valence-electron chi connectivity index (χ3n) is 6.27. The van der Waals surface area contributed by atoms with Gasteiger partial charge < -0.3 is 4.55 Å². The fourth-order valence-electron chi connectivity index (χ4n) is 4.87. The molecule has 26 heavy (non-hydrogen) atoms. The van der Waals surface area contributed by atoms with Crippen molar-refractivity contribution in [3.63, 3.8) is 0 Å². The fourth-order valence-corrected chi connectivity index (χ4v) is 5.43. The van der Waals surface area contributed by atoms with E-state index < -0.39 is 10.1 Å². The molecule has 0 fully saturated rings. The molecule has 4 nitrogen and oxygen atoms in total. The molecule has 1 unspecified atom stereocenters. The SMILES string of the molecule is CC1=[N+]2CCCc3cc4ccccc4c(c32)C1(C)CCCCS(=O)(=O)[O-]. The number of nitrogens with zero attached hydrogens (tertiary/aromatic N) is 1. The third-order valence-corrected chi connectivity index (χ3v) is 7.06. The molecule has 138 valence electrons.